The summed E-state index contributed by atoms with van der Waals surface area (Å²) >= 11 is 5.94. The number of anilines is 2. The molecule has 0 aromatic carbocycles. The second-order valence-corrected chi connectivity index (χ2v) is 4.76. The van der Waals surface area contributed by atoms with Crippen LogP contribution in [0.3, 0.4) is 0 Å². The molecular weight excluding hydrogens is 266 g/mol. The number of nitrogens with zero attached hydrogens (tertiary/aromatic N) is 4. The van der Waals surface area contributed by atoms with Crippen molar-refractivity contribution in [2.75, 3.05) is 36.5 Å². The molecule has 0 bridgehead atoms. The number of rotatable bonds is 5. The highest BCUT2D eigenvalue weighted by Gasteiger charge is 2.22. The van der Waals surface area contributed by atoms with Crippen molar-refractivity contribution < 1.29 is 4.74 Å². The van der Waals surface area contributed by atoms with Gasteiger partial charge in [-0.3, -0.25) is 0 Å². The first kappa shape index (κ1) is 14.3. The first-order chi connectivity index (χ1) is 9.22. The zero-order chi connectivity index (χ0) is 13.7. The molecule has 0 amide bonds. The number of hydrogen-bond donors (Lipinski definition) is 1. The van der Waals surface area contributed by atoms with E-state index in [0.717, 1.165) is 39.1 Å². The summed E-state index contributed by atoms with van der Waals surface area (Å²) in [5.74, 6) is 1.15. The average Bonchev–Trinajstić information content (AvgIpc) is 2.39. The third-order valence-corrected chi connectivity index (χ3v) is 3.16. The molecule has 0 radical (unpaired) electrons. The van der Waals surface area contributed by atoms with Crippen LogP contribution in [0, 0.1) is 0 Å². The molecule has 106 valence electrons. The normalized spacial score (nSPS) is 19.5. The fourth-order valence-electron chi connectivity index (χ4n) is 2.21. The molecule has 1 fully saturated rings. The number of aromatic nitrogens is 3. The lowest BCUT2D eigenvalue weighted by Gasteiger charge is -2.32. The van der Waals surface area contributed by atoms with Gasteiger partial charge in [-0.1, -0.05) is 0 Å². The molecule has 2 rings (SSSR count). The molecule has 1 aromatic heterocycles. The molecule has 1 atom stereocenters. The lowest BCUT2D eigenvalue weighted by molar-refractivity contribution is 0.0523. The average molecular weight is 286 g/mol. The molecule has 1 N–H and O–H groups in total. The predicted molar refractivity (Wildman–Crippen MR) is 75.9 cm³/mol. The molecule has 1 aliphatic rings. The molecule has 0 aliphatic carbocycles. The highest BCUT2D eigenvalue weighted by molar-refractivity contribution is 6.28. The number of nitrogens with one attached hydrogen (secondary N) is 1. The van der Waals surface area contributed by atoms with Gasteiger partial charge in [0.05, 0.1) is 6.10 Å². The van der Waals surface area contributed by atoms with E-state index in [2.05, 4.69) is 25.2 Å². The Kier molecular flexibility index (Phi) is 5.15. The largest absolute Gasteiger partial charge is 0.377 e. The highest BCUT2D eigenvalue weighted by atomic mass is 35.5. The molecule has 6 nitrogen and oxygen atoms in total. The van der Waals surface area contributed by atoms with Crippen LogP contribution in [0.2, 0.25) is 5.28 Å². The Hall–Kier alpha value is -1.14. The highest BCUT2D eigenvalue weighted by Crippen LogP contribution is 2.20. The maximum atomic E-state index is 5.94. The fraction of sp³-hybridized carbons (Fsp3) is 0.750. The molecule has 1 unspecified atom stereocenters. The maximum absolute atomic E-state index is 5.94. The molecule has 0 spiro atoms. The molecule has 2 heterocycles. The topological polar surface area (TPSA) is 63.2 Å². The summed E-state index contributed by atoms with van der Waals surface area (Å²) in [5.41, 5.74) is 0. The van der Waals surface area contributed by atoms with Crippen LogP contribution in [0.4, 0.5) is 11.9 Å². The monoisotopic (exact) mass is 285 g/mol. The molecule has 19 heavy (non-hydrogen) atoms. The Morgan fingerprint density at radius 3 is 2.95 bits per heavy atom. The van der Waals surface area contributed by atoms with Gasteiger partial charge < -0.3 is 15.0 Å². The van der Waals surface area contributed by atoms with Crippen molar-refractivity contribution in [1.82, 2.24) is 15.0 Å². The van der Waals surface area contributed by atoms with Crippen molar-refractivity contribution in [3.05, 3.63) is 5.28 Å². The molecule has 1 saturated heterocycles. The van der Waals surface area contributed by atoms with E-state index in [9.17, 15) is 0 Å². The van der Waals surface area contributed by atoms with E-state index in [4.69, 9.17) is 16.3 Å². The summed E-state index contributed by atoms with van der Waals surface area (Å²) in [7, 11) is 0. The van der Waals surface area contributed by atoms with E-state index in [1.165, 1.54) is 0 Å². The molecule has 1 aromatic rings. The predicted octanol–water partition coefficient (Wildman–Crippen LogP) is 1.96. The van der Waals surface area contributed by atoms with Gasteiger partial charge >= 0.3 is 0 Å². The second kappa shape index (κ2) is 6.86. The number of hydrogen-bond acceptors (Lipinski definition) is 6. The van der Waals surface area contributed by atoms with E-state index in [1.807, 2.05) is 13.8 Å². The molecule has 7 heteroatoms. The van der Waals surface area contributed by atoms with Crippen molar-refractivity contribution in [3.8, 4) is 0 Å². The summed E-state index contributed by atoms with van der Waals surface area (Å²) in [4.78, 5) is 14.8. The zero-order valence-electron chi connectivity index (χ0n) is 11.4. The summed E-state index contributed by atoms with van der Waals surface area (Å²) in [6.07, 6.45) is 2.41. The van der Waals surface area contributed by atoms with Crippen molar-refractivity contribution >= 4 is 23.5 Å². The fourth-order valence-corrected chi connectivity index (χ4v) is 2.37. The van der Waals surface area contributed by atoms with Crippen molar-refractivity contribution in [2.24, 2.45) is 0 Å². The Labute approximate surface area is 118 Å². The van der Waals surface area contributed by atoms with Crippen LogP contribution in [0.15, 0.2) is 0 Å². The Morgan fingerprint density at radius 2 is 2.21 bits per heavy atom. The van der Waals surface area contributed by atoms with Crippen LogP contribution < -0.4 is 10.2 Å². The minimum Gasteiger partial charge on any atom is -0.377 e. The maximum Gasteiger partial charge on any atom is 0.231 e. The Bertz CT molecular complexity index is 415. The quantitative estimate of drug-likeness (QED) is 0.892. The summed E-state index contributed by atoms with van der Waals surface area (Å²) in [5, 5.41) is 3.28. The van der Waals surface area contributed by atoms with Gasteiger partial charge in [0.15, 0.2) is 0 Å². The summed E-state index contributed by atoms with van der Waals surface area (Å²) in [6, 6.07) is 0. The minimum atomic E-state index is 0.222. The first-order valence-corrected chi connectivity index (χ1v) is 7.12. The number of halogens is 1. The van der Waals surface area contributed by atoms with Crippen LogP contribution in [0.5, 0.6) is 0 Å². The Morgan fingerprint density at radius 1 is 1.37 bits per heavy atom. The van der Waals surface area contributed by atoms with Gasteiger partial charge in [0.1, 0.15) is 0 Å². The minimum absolute atomic E-state index is 0.222. The molecule has 0 saturated carbocycles. The van der Waals surface area contributed by atoms with E-state index >= 15 is 0 Å². The van der Waals surface area contributed by atoms with Gasteiger partial charge in [0.25, 0.3) is 0 Å². The van der Waals surface area contributed by atoms with Crippen molar-refractivity contribution in [2.45, 2.75) is 32.8 Å². The van der Waals surface area contributed by atoms with E-state index in [0.29, 0.717) is 11.9 Å². The second-order valence-electron chi connectivity index (χ2n) is 4.42. The SMILES string of the molecule is CCNc1nc(Cl)nc(N2CCCC(OCC)C2)n1. The van der Waals surface area contributed by atoms with Gasteiger partial charge in [-0.2, -0.15) is 15.0 Å². The summed E-state index contributed by atoms with van der Waals surface area (Å²) in [6.45, 7) is 7.22. The number of ether oxygens (including phenoxy) is 1. The van der Waals surface area contributed by atoms with Crippen LogP contribution in [0.25, 0.3) is 0 Å². The lowest BCUT2D eigenvalue weighted by atomic mass is 10.1. The third-order valence-electron chi connectivity index (χ3n) is 2.99. The summed E-state index contributed by atoms with van der Waals surface area (Å²) < 4.78 is 5.68. The first-order valence-electron chi connectivity index (χ1n) is 6.75. The van der Waals surface area contributed by atoms with Crippen molar-refractivity contribution in [1.29, 1.82) is 0 Å². The smallest absolute Gasteiger partial charge is 0.231 e. The van der Waals surface area contributed by atoms with Crippen LogP contribution >= 0.6 is 11.6 Å². The van der Waals surface area contributed by atoms with Crippen LogP contribution in [-0.2, 0) is 4.74 Å². The Balaban J connectivity index is 2.11. The molecule has 1 aliphatic heterocycles. The standard InChI is InChI=1S/C12H20ClN5O/c1-3-14-11-15-10(13)16-12(17-11)18-7-5-6-9(8-18)19-4-2/h9H,3-8H2,1-2H3,(H,14,15,16,17). The van der Waals surface area contributed by atoms with Gasteiger partial charge in [-0.25, -0.2) is 0 Å². The van der Waals surface area contributed by atoms with Crippen LogP contribution in [-0.4, -0.2) is 47.3 Å². The van der Waals surface area contributed by atoms with Crippen LogP contribution in [0.1, 0.15) is 26.7 Å². The zero-order valence-corrected chi connectivity index (χ0v) is 12.2. The van der Waals surface area contributed by atoms with E-state index < -0.39 is 0 Å². The van der Waals surface area contributed by atoms with Gasteiger partial charge in [-0.05, 0) is 38.3 Å². The van der Waals surface area contributed by atoms with E-state index in [1.54, 1.807) is 0 Å². The number of piperidine rings is 1. The lowest BCUT2D eigenvalue weighted by Crippen LogP contribution is -2.40. The van der Waals surface area contributed by atoms with Gasteiger partial charge in [0, 0.05) is 26.2 Å². The van der Waals surface area contributed by atoms with E-state index in [-0.39, 0.29) is 11.4 Å². The third kappa shape index (κ3) is 3.91. The van der Waals surface area contributed by atoms with Gasteiger partial charge in [-0.15, -0.1) is 0 Å². The van der Waals surface area contributed by atoms with Crippen molar-refractivity contribution in [3.63, 3.8) is 0 Å². The molecular formula is C12H20ClN5O. The van der Waals surface area contributed by atoms with Gasteiger partial charge in [0.2, 0.25) is 17.2 Å².